The number of rotatable bonds is 18. The molecule has 0 bridgehead atoms. The van der Waals surface area contributed by atoms with Crippen molar-refractivity contribution in [1.82, 2.24) is 9.88 Å². The molecule has 6 aromatic rings. The van der Waals surface area contributed by atoms with Crippen LogP contribution in [0.4, 0.5) is 4.39 Å². The van der Waals surface area contributed by atoms with Crippen LogP contribution in [0.5, 0.6) is 11.5 Å². The third-order valence-corrected chi connectivity index (χ3v) is 13.0. The lowest BCUT2D eigenvalue weighted by atomic mass is 9.68. The van der Waals surface area contributed by atoms with Gasteiger partial charge in [-0.25, -0.2) is 4.39 Å². The molecule has 0 saturated heterocycles. The monoisotopic (exact) mass is 828 g/mol. The molecule has 5 aromatic carbocycles. The van der Waals surface area contributed by atoms with E-state index in [1.165, 1.54) is 28.2 Å². The minimum Gasteiger partial charge on any atom is -0.493 e. The Balaban J connectivity index is 1.12. The number of ether oxygens (including phenoxy) is 2. The lowest BCUT2D eigenvalue weighted by Gasteiger charge is -2.37. The van der Waals surface area contributed by atoms with Crippen LogP contribution >= 0.6 is 0 Å². The van der Waals surface area contributed by atoms with Crippen molar-refractivity contribution in [3.05, 3.63) is 185 Å². The third-order valence-electron chi connectivity index (χ3n) is 13.0. The number of carbonyl (C=O) groups is 3. The van der Waals surface area contributed by atoms with Crippen molar-refractivity contribution in [2.75, 3.05) is 20.8 Å². The topological polar surface area (TPSA) is 85.8 Å². The van der Waals surface area contributed by atoms with Gasteiger partial charge in [-0.3, -0.25) is 24.3 Å². The number of aromatic nitrogens is 1. The highest BCUT2D eigenvalue weighted by atomic mass is 19.1. The Morgan fingerprint density at radius 2 is 1.35 bits per heavy atom. The largest absolute Gasteiger partial charge is 0.493 e. The molecule has 0 radical (unpaired) electrons. The van der Waals surface area contributed by atoms with Gasteiger partial charge in [-0.2, -0.15) is 0 Å². The standard InChI is InChI=1S/C54H53FN2O5/c1-61-48-34-39-35-50(53(30-12-5-13-31-53)37-57-51(59)44-21-10-11-22-45(44)52(57)60)56-47(46(39)36-49(48)62-2)23-15-33-54(40-16-6-3-7-17-40,41-18-8-4-9-19-41)32-14-20-43(58)29-26-38-24-27-42(55)28-25-38/h3-4,6-12,16-19,21-22,24-25,27-28,30,34-36H,5,13-15,20,23,26,29,31-33,37H2,1-2H3. The molecule has 2 amide bonds. The zero-order valence-corrected chi connectivity index (χ0v) is 35.6. The Morgan fingerprint density at radius 3 is 1.97 bits per heavy atom. The van der Waals surface area contributed by atoms with E-state index in [0.717, 1.165) is 66.2 Å². The van der Waals surface area contributed by atoms with E-state index >= 15 is 0 Å². The van der Waals surface area contributed by atoms with Crippen molar-refractivity contribution in [2.24, 2.45) is 0 Å². The van der Waals surface area contributed by atoms with Crippen molar-refractivity contribution in [3.8, 4) is 11.5 Å². The zero-order chi connectivity index (χ0) is 43.1. The molecule has 1 aromatic heterocycles. The summed E-state index contributed by atoms with van der Waals surface area (Å²) in [6, 6.07) is 40.8. The Labute approximate surface area is 363 Å². The van der Waals surface area contributed by atoms with Gasteiger partial charge in [0.25, 0.3) is 11.8 Å². The molecule has 0 N–H and O–H groups in total. The van der Waals surface area contributed by atoms with Crippen LogP contribution in [0, 0.1) is 5.82 Å². The Hall–Kier alpha value is -6.41. The first-order valence-electron chi connectivity index (χ1n) is 21.8. The number of imide groups is 1. The number of benzene rings is 5. The van der Waals surface area contributed by atoms with Crippen LogP contribution in [0.1, 0.15) is 107 Å². The van der Waals surface area contributed by atoms with Crippen molar-refractivity contribution in [3.63, 3.8) is 0 Å². The van der Waals surface area contributed by atoms with Gasteiger partial charge in [0.05, 0.1) is 31.0 Å². The third kappa shape index (κ3) is 8.69. The number of halogens is 1. The number of pyridine rings is 1. The molecule has 0 spiro atoms. The van der Waals surface area contributed by atoms with Crippen LogP contribution in [-0.2, 0) is 28.5 Å². The SMILES string of the molecule is COc1cc2cc(C3(CN4C(=O)c5ccccc5C4=O)C=CCCC3)nc(CCCC(CCCC(=O)CCc3ccc(F)cc3)(c3ccccc3)c3ccccc3)c2cc1OC. The van der Waals surface area contributed by atoms with Gasteiger partial charge in [0.2, 0.25) is 0 Å². The smallest absolute Gasteiger partial charge is 0.261 e. The molecule has 316 valence electrons. The molecule has 7 nitrogen and oxygen atoms in total. The summed E-state index contributed by atoms with van der Waals surface area (Å²) >= 11 is 0. The lowest BCUT2D eigenvalue weighted by Crippen LogP contribution is -2.44. The zero-order valence-electron chi connectivity index (χ0n) is 35.6. The molecular formula is C54H53FN2O5. The number of hydrogen-bond donors (Lipinski definition) is 0. The number of aryl methyl sites for hydroxylation is 2. The predicted octanol–water partition coefficient (Wildman–Crippen LogP) is 11.3. The molecule has 62 heavy (non-hydrogen) atoms. The molecule has 1 unspecified atom stereocenters. The number of fused-ring (bicyclic) bond motifs is 2. The fraction of sp³-hybridized carbons (Fsp3) is 0.296. The van der Waals surface area contributed by atoms with Gasteiger partial charge >= 0.3 is 0 Å². The maximum Gasteiger partial charge on any atom is 0.261 e. The van der Waals surface area contributed by atoms with Gasteiger partial charge in [0.1, 0.15) is 11.6 Å². The number of Topliss-reactive ketones (excluding diaryl/α,β-unsaturated/α-hetero) is 1. The summed E-state index contributed by atoms with van der Waals surface area (Å²) in [5.74, 6) is 0.596. The van der Waals surface area contributed by atoms with E-state index in [0.29, 0.717) is 54.7 Å². The van der Waals surface area contributed by atoms with Crippen LogP contribution in [0.2, 0.25) is 0 Å². The molecule has 8 heteroatoms. The molecule has 8 rings (SSSR count). The summed E-state index contributed by atoms with van der Waals surface area (Å²) in [6.07, 6.45) is 12.0. The van der Waals surface area contributed by atoms with Crippen molar-refractivity contribution in [1.29, 1.82) is 0 Å². The molecule has 1 aliphatic carbocycles. The van der Waals surface area contributed by atoms with E-state index in [1.54, 1.807) is 50.6 Å². The fourth-order valence-corrected chi connectivity index (χ4v) is 9.70. The first-order valence-corrected chi connectivity index (χ1v) is 21.8. The predicted molar refractivity (Wildman–Crippen MR) is 242 cm³/mol. The van der Waals surface area contributed by atoms with Gasteiger partial charge in [-0.05, 0) is 122 Å². The number of nitrogens with zero attached hydrogens (tertiary/aromatic N) is 2. The average molecular weight is 829 g/mol. The Bertz CT molecular complexity index is 2520. The number of allylic oxidation sites excluding steroid dienone is 1. The molecule has 1 atom stereocenters. The number of carbonyl (C=O) groups excluding carboxylic acids is 3. The number of hydrogen-bond acceptors (Lipinski definition) is 6. The van der Waals surface area contributed by atoms with E-state index in [9.17, 15) is 18.8 Å². The number of amides is 2. The quantitative estimate of drug-likeness (QED) is 0.0633. The van der Waals surface area contributed by atoms with Gasteiger partial charge in [-0.15, -0.1) is 0 Å². The highest BCUT2D eigenvalue weighted by Crippen LogP contribution is 2.44. The molecular weight excluding hydrogens is 776 g/mol. The van der Waals surface area contributed by atoms with Crippen LogP contribution in [0.15, 0.2) is 140 Å². The first kappa shape index (κ1) is 42.3. The van der Waals surface area contributed by atoms with E-state index in [4.69, 9.17) is 14.5 Å². The second-order valence-electron chi connectivity index (χ2n) is 16.8. The second-order valence-corrected chi connectivity index (χ2v) is 16.8. The number of methoxy groups -OCH3 is 2. The van der Waals surface area contributed by atoms with Gasteiger partial charge < -0.3 is 9.47 Å². The van der Waals surface area contributed by atoms with E-state index in [-0.39, 0.29) is 35.4 Å². The van der Waals surface area contributed by atoms with E-state index < -0.39 is 5.41 Å². The van der Waals surface area contributed by atoms with Crippen LogP contribution < -0.4 is 9.47 Å². The van der Waals surface area contributed by atoms with Crippen LogP contribution in [0.3, 0.4) is 0 Å². The first-order chi connectivity index (χ1) is 30.2. The maximum atomic E-state index is 13.8. The van der Waals surface area contributed by atoms with Crippen molar-refractivity contribution >= 4 is 28.4 Å². The Morgan fingerprint density at radius 1 is 0.742 bits per heavy atom. The molecule has 0 saturated carbocycles. The van der Waals surface area contributed by atoms with Crippen molar-refractivity contribution in [2.45, 2.75) is 81.5 Å². The highest BCUT2D eigenvalue weighted by Gasteiger charge is 2.43. The van der Waals surface area contributed by atoms with Crippen LogP contribution in [-0.4, -0.2) is 48.2 Å². The number of ketones is 1. The normalized spacial score (nSPS) is 16.1. The minimum atomic E-state index is -0.692. The van der Waals surface area contributed by atoms with Gasteiger partial charge in [-0.1, -0.05) is 97.1 Å². The minimum absolute atomic E-state index is 0.189. The lowest BCUT2D eigenvalue weighted by molar-refractivity contribution is -0.119. The average Bonchev–Trinajstić information content (AvgIpc) is 3.55. The van der Waals surface area contributed by atoms with Gasteiger partial charge in [0.15, 0.2) is 11.5 Å². The van der Waals surface area contributed by atoms with E-state index in [2.05, 4.69) is 66.7 Å². The highest BCUT2D eigenvalue weighted by molar-refractivity contribution is 6.21. The molecule has 1 aliphatic heterocycles. The van der Waals surface area contributed by atoms with Crippen molar-refractivity contribution < 1.29 is 28.2 Å². The Kier molecular flexibility index (Phi) is 12.7. The fourth-order valence-electron chi connectivity index (χ4n) is 9.70. The summed E-state index contributed by atoms with van der Waals surface area (Å²) in [4.78, 5) is 47.8. The van der Waals surface area contributed by atoms with Gasteiger partial charge in [0, 0.05) is 41.3 Å². The summed E-state index contributed by atoms with van der Waals surface area (Å²) < 4.78 is 25.1. The molecule has 0 fully saturated rings. The summed E-state index contributed by atoms with van der Waals surface area (Å²) in [7, 11) is 3.27. The summed E-state index contributed by atoms with van der Waals surface area (Å²) in [5, 5.41) is 1.90. The second kappa shape index (κ2) is 18.7. The van der Waals surface area contributed by atoms with Crippen LogP contribution in [0.25, 0.3) is 10.8 Å². The van der Waals surface area contributed by atoms with E-state index in [1.807, 2.05) is 24.3 Å². The summed E-state index contributed by atoms with van der Waals surface area (Å²) in [5.41, 5.74) is 4.89. The summed E-state index contributed by atoms with van der Waals surface area (Å²) in [6.45, 7) is 0.189. The maximum absolute atomic E-state index is 13.8. The molecule has 2 aliphatic rings. The molecule has 2 heterocycles.